The fourth-order valence-electron chi connectivity index (χ4n) is 2.85. The molecule has 1 fully saturated rings. The maximum Gasteiger partial charge on any atom is 0.127 e. The van der Waals surface area contributed by atoms with Crippen LogP contribution in [-0.2, 0) is 0 Å². The summed E-state index contributed by atoms with van der Waals surface area (Å²) >= 11 is 0. The van der Waals surface area contributed by atoms with Gasteiger partial charge in [0, 0.05) is 17.8 Å². The Balaban J connectivity index is 1.59. The molecule has 0 saturated carbocycles. The quantitative estimate of drug-likeness (QED) is 0.878. The van der Waals surface area contributed by atoms with Gasteiger partial charge < -0.3 is 15.2 Å². The van der Waals surface area contributed by atoms with Gasteiger partial charge in [-0.25, -0.2) is 0 Å². The Morgan fingerprint density at radius 1 is 1.20 bits per heavy atom. The first kappa shape index (κ1) is 13.4. The van der Waals surface area contributed by atoms with Crippen LogP contribution >= 0.6 is 0 Å². The fraction of sp³-hybridized carbons (Fsp3) is 0.412. The van der Waals surface area contributed by atoms with Gasteiger partial charge in [-0.3, -0.25) is 0 Å². The third kappa shape index (κ3) is 2.94. The SMILES string of the molecule is OC(CCOc1cccc2ccccc12)C1CCCN1. The van der Waals surface area contributed by atoms with Crippen LogP contribution in [0.15, 0.2) is 42.5 Å². The standard InChI is InChI=1S/C17H21NO2/c19-16(15-8-4-11-18-15)10-12-20-17-9-3-6-13-5-1-2-7-14(13)17/h1-3,5-7,9,15-16,18-19H,4,8,10-12H2. The first-order chi connectivity index (χ1) is 9.84. The van der Waals surface area contributed by atoms with E-state index in [4.69, 9.17) is 4.74 Å². The van der Waals surface area contributed by atoms with Crippen molar-refractivity contribution in [1.82, 2.24) is 5.32 Å². The summed E-state index contributed by atoms with van der Waals surface area (Å²) in [6.07, 6.45) is 2.58. The second-order valence-electron chi connectivity index (χ2n) is 5.38. The highest BCUT2D eigenvalue weighted by molar-refractivity contribution is 5.88. The van der Waals surface area contributed by atoms with E-state index in [9.17, 15) is 5.11 Å². The van der Waals surface area contributed by atoms with Gasteiger partial charge in [0.15, 0.2) is 0 Å². The van der Waals surface area contributed by atoms with Gasteiger partial charge in [0.05, 0.1) is 12.7 Å². The number of aliphatic hydroxyl groups excluding tert-OH is 1. The van der Waals surface area contributed by atoms with Crippen LogP contribution in [-0.4, -0.2) is 30.4 Å². The zero-order valence-electron chi connectivity index (χ0n) is 11.6. The van der Waals surface area contributed by atoms with Crippen LogP contribution in [0.2, 0.25) is 0 Å². The summed E-state index contributed by atoms with van der Waals surface area (Å²) in [5.41, 5.74) is 0. The van der Waals surface area contributed by atoms with Crippen molar-refractivity contribution in [2.45, 2.75) is 31.4 Å². The summed E-state index contributed by atoms with van der Waals surface area (Å²) in [4.78, 5) is 0. The third-order valence-corrected chi connectivity index (χ3v) is 3.98. The minimum absolute atomic E-state index is 0.242. The van der Waals surface area contributed by atoms with Crippen molar-refractivity contribution in [3.8, 4) is 5.75 Å². The Labute approximate surface area is 119 Å². The molecular formula is C17H21NO2. The molecule has 0 bridgehead atoms. The van der Waals surface area contributed by atoms with Gasteiger partial charge in [-0.1, -0.05) is 36.4 Å². The zero-order chi connectivity index (χ0) is 13.8. The molecule has 2 N–H and O–H groups in total. The molecule has 1 aliphatic heterocycles. The second kappa shape index (κ2) is 6.25. The molecule has 0 amide bonds. The average molecular weight is 271 g/mol. The van der Waals surface area contributed by atoms with Crippen molar-refractivity contribution in [1.29, 1.82) is 0 Å². The maximum atomic E-state index is 10.1. The smallest absolute Gasteiger partial charge is 0.127 e. The predicted molar refractivity (Wildman–Crippen MR) is 81.1 cm³/mol. The Morgan fingerprint density at radius 2 is 2.05 bits per heavy atom. The summed E-state index contributed by atoms with van der Waals surface area (Å²) in [6.45, 7) is 1.57. The highest BCUT2D eigenvalue weighted by Crippen LogP contribution is 2.25. The highest BCUT2D eigenvalue weighted by Gasteiger charge is 2.22. The van der Waals surface area contributed by atoms with Crippen LogP contribution in [0.4, 0.5) is 0 Å². The Morgan fingerprint density at radius 3 is 2.90 bits per heavy atom. The van der Waals surface area contributed by atoms with E-state index in [1.54, 1.807) is 0 Å². The van der Waals surface area contributed by atoms with Crippen LogP contribution in [0.1, 0.15) is 19.3 Å². The van der Waals surface area contributed by atoms with Crippen molar-refractivity contribution >= 4 is 10.8 Å². The van der Waals surface area contributed by atoms with E-state index >= 15 is 0 Å². The molecule has 1 aliphatic rings. The van der Waals surface area contributed by atoms with Crippen LogP contribution in [0, 0.1) is 0 Å². The largest absolute Gasteiger partial charge is 0.493 e. The monoisotopic (exact) mass is 271 g/mol. The lowest BCUT2D eigenvalue weighted by Crippen LogP contribution is -2.35. The van der Waals surface area contributed by atoms with Crippen LogP contribution in [0.5, 0.6) is 5.75 Å². The molecule has 3 rings (SSSR count). The minimum Gasteiger partial charge on any atom is -0.493 e. The number of hydrogen-bond acceptors (Lipinski definition) is 3. The highest BCUT2D eigenvalue weighted by atomic mass is 16.5. The molecule has 2 unspecified atom stereocenters. The maximum absolute atomic E-state index is 10.1. The summed E-state index contributed by atoms with van der Waals surface area (Å²) in [7, 11) is 0. The lowest BCUT2D eigenvalue weighted by atomic mass is 10.1. The number of rotatable bonds is 5. The summed E-state index contributed by atoms with van der Waals surface area (Å²) in [5, 5.41) is 15.7. The van der Waals surface area contributed by atoms with Crippen molar-refractivity contribution in [3.05, 3.63) is 42.5 Å². The molecule has 0 aliphatic carbocycles. The molecule has 2 atom stereocenters. The Bertz CT molecular complexity index is 558. The average Bonchev–Trinajstić information content (AvgIpc) is 3.02. The van der Waals surface area contributed by atoms with E-state index in [-0.39, 0.29) is 12.1 Å². The van der Waals surface area contributed by atoms with E-state index in [1.807, 2.05) is 24.3 Å². The number of nitrogens with one attached hydrogen (secondary N) is 1. The van der Waals surface area contributed by atoms with Crippen molar-refractivity contribution in [2.24, 2.45) is 0 Å². The summed E-state index contributed by atoms with van der Waals surface area (Å²) < 4.78 is 5.86. The lowest BCUT2D eigenvalue weighted by Gasteiger charge is -2.18. The van der Waals surface area contributed by atoms with Gasteiger partial charge in [0.1, 0.15) is 5.75 Å². The van der Waals surface area contributed by atoms with E-state index in [0.717, 1.165) is 30.5 Å². The van der Waals surface area contributed by atoms with E-state index in [1.165, 1.54) is 5.39 Å². The summed E-state index contributed by atoms with van der Waals surface area (Å²) in [6, 6.07) is 14.5. The first-order valence-corrected chi connectivity index (χ1v) is 7.36. The summed E-state index contributed by atoms with van der Waals surface area (Å²) in [5.74, 6) is 0.898. The van der Waals surface area contributed by atoms with Crippen LogP contribution in [0.25, 0.3) is 10.8 Å². The Hall–Kier alpha value is -1.58. The molecule has 1 heterocycles. The molecule has 0 radical (unpaired) electrons. The number of benzene rings is 2. The lowest BCUT2D eigenvalue weighted by molar-refractivity contribution is 0.107. The van der Waals surface area contributed by atoms with Crippen molar-refractivity contribution in [3.63, 3.8) is 0 Å². The normalized spacial score (nSPS) is 20.1. The van der Waals surface area contributed by atoms with Crippen molar-refractivity contribution < 1.29 is 9.84 Å². The number of aliphatic hydroxyl groups is 1. The number of hydrogen-bond donors (Lipinski definition) is 2. The second-order valence-corrected chi connectivity index (χ2v) is 5.38. The number of ether oxygens (including phenoxy) is 1. The molecule has 2 aromatic rings. The predicted octanol–water partition coefficient (Wildman–Crippen LogP) is 2.72. The first-order valence-electron chi connectivity index (χ1n) is 7.36. The molecule has 106 valence electrons. The molecule has 0 aromatic heterocycles. The molecule has 1 saturated heterocycles. The van der Waals surface area contributed by atoms with Gasteiger partial charge >= 0.3 is 0 Å². The molecular weight excluding hydrogens is 250 g/mol. The minimum atomic E-state index is -0.313. The van der Waals surface area contributed by atoms with Gasteiger partial charge in [-0.05, 0) is 30.8 Å². The molecule has 0 spiro atoms. The van der Waals surface area contributed by atoms with Gasteiger partial charge in [0.2, 0.25) is 0 Å². The zero-order valence-corrected chi connectivity index (χ0v) is 11.6. The van der Waals surface area contributed by atoms with Crippen molar-refractivity contribution in [2.75, 3.05) is 13.2 Å². The van der Waals surface area contributed by atoms with Gasteiger partial charge in [-0.2, -0.15) is 0 Å². The van der Waals surface area contributed by atoms with E-state index in [2.05, 4.69) is 23.5 Å². The number of fused-ring (bicyclic) bond motifs is 1. The van der Waals surface area contributed by atoms with E-state index < -0.39 is 0 Å². The van der Waals surface area contributed by atoms with Gasteiger partial charge in [-0.15, -0.1) is 0 Å². The van der Waals surface area contributed by atoms with Crippen LogP contribution in [0.3, 0.4) is 0 Å². The Kier molecular flexibility index (Phi) is 4.19. The molecule has 20 heavy (non-hydrogen) atoms. The van der Waals surface area contributed by atoms with Gasteiger partial charge in [0.25, 0.3) is 0 Å². The van der Waals surface area contributed by atoms with Crippen LogP contribution < -0.4 is 10.1 Å². The molecule has 3 heteroatoms. The fourth-order valence-corrected chi connectivity index (χ4v) is 2.85. The molecule has 3 nitrogen and oxygen atoms in total. The third-order valence-electron chi connectivity index (χ3n) is 3.98. The van der Waals surface area contributed by atoms with E-state index in [0.29, 0.717) is 13.0 Å². The molecule has 2 aromatic carbocycles. The topological polar surface area (TPSA) is 41.5 Å².